The summed E-state index contributed by atoms with van der Waals surface area (Å²) in [7, 11) is 1.82. The highest BCUT2D eigenvalue weighted by Crippen LogP contribution is 2.31. The minimum atomic E-state index is -0.0202. The molecule has 0 bridgehead atoms. The van der Waals surface area contributed by atoms with Gasteiger partial charge in [0.1, 0.15) is 5.69 Å². The summed E-state index contributed by atoms with van der Waals surface area (Å²) in [6, 6.07) is 5.69. The average Bonchev–Trinajstić information content (AvgIpc) is 3.23. The molecule has 1 aliphatic rings. The number of nitrogens with zero attached hydrogens (tertiary/aromatic N) is 6. The van der Waals surface area contributed by atoms with E-state index in [2.05, 4.69) is 10.2 Å². The van der Waals surface area contributed by atoms with Crippen molar-refractivity contribution in [1.29, 1.82) is 0 Å². The third-order valence-corrected chi connectivity index (χ3v) is 4.60. The third kappa shape index (κ3) is 2.46. The van der Waals surface area contributed by atoms with E-state index < -0.39 is 0 Å². The number of likely N-dealkylation sites (tertiary alicyclic amines) is 1. The van der Waals surface area contributed by atoms with Crippen molar-refractivity contribution in [2.75, 3.05) is 6.54 Å². The highest BCUT2D eigenvalue weighted by atomic mass is 16.2. The van der Waals surface area contributed by atoms with Crippen LogP contribution in [0.15, 0.2) is 30.6 Å². The molecule has 4 rings (SSSR count). The van der Waals surface area contributed by atoms with E-state index in [4.69, 9.17) is 4.98 Å². The summed E-state index contributed by atoms with van der Waals surface area (Å²) in [5, 5.41) is 8.53. The molecule has 1 fully saturated rings. The number of amides is 1. The maximum absolute atomic E-state index is 12.9. The molecule has 0 N–H and O–H groups in total. The maximum Gasteiger partial charge on any atom is 0.274 e. The summed E-state index contributed by atoms with van der Waals surface area (Å²) >= 11 is 0. The van der Waals surface area contributed by atoms with E-state index in [0.717, 1.165) is 42.8 Å². The van der Waals surface area contributed by atoms with Crippen molar-refractivity contribution in [1.82, 2.24) is 29.3 Å². The topological polar surface area (TPSA) is 68.3 Å². The van der Waals surface area contributed by atoms with Crippen LogP contribution in [-0.2, 0) is 7.05 Å². The third-order valence-electron chi connectivity index (χ3n) is 4.60. The molecule has 1 amide bonds. The lowest BCUT2D eigenvalue weighted by Crippen LogP contribution is -2.39. The van der Waals surface area contributed by atoms with Gasteiger partial charge in [0.2, 0.25) is 0 Å². The molecule has 0 spiro atoms. The molecule has 0 radical (unpaired) electrons. The molecule has 0 aromatic carbocycles. The second-order valence-electron chi connectivity index (χ2n) is 6.31. The SMILES string of the molecule is Cc1cc([C@@H]2CCCCN2C(=O)c2ccn(C)n2)nc2ccnn12. The van der Waals surface area contributed by atoms with Crippen molar-refractivity contribution in [3.63, 3.8) is 0 Å². The van der Waals surface area contributed by atoms with Gasteiger partial charge in [0.15, 0.2) is 5.65 Å². The summed E-state index contributed by atoms with van der Waals surface area (Å²) in [6.45, 7) is 2.75. The van der Waals surface area contributed by atoms with E-state index >= 15 is 0 Å². The molecule has 0 unspecified atom stereocenters. The molecule has 1 saturated heterocycles. The van der Waals surface area contributed by atoms with Crippen molar-refractivity contribution in [3.8, 4) is 0 Å². The van der Waals surface area contributed by atoms with E-state index in [-0.39, 0.29) is 11.9 Å². The highest BCUT2D eigenvalue weighted by molar-refractivity contribution is 5.92. The molecule has 1 aliphatic heterocycles. The van der Waals surface area contributed by atoms with Crippen LogP contribution in [0, 0.1) is 6.92 Å². The van der Waals surface area contributed by atoms with Crippen molar-refractivity contribution in [2.24, 2.45) is 7.05 Å². The van der Waals surface area contributed by atoms with E-state index in [1.54, 1.807) is 23.1 Å². The number of aryl methyl sites for hydroxylation is 2. The predicted molar refractivity (Wildman–Crippen MR) is 88.6 cm³/mol. The fourth-order valence-corrected chi connectivity index (χ4v) is 3.42. The Hall–Kier alpha value is -2.70. The molecule has 3 aromatic heterocycles. The number of carbonyl (C=O) groups is 1. The van der Waals surface area contributed by atoms with Crippen LogP contribution >= 0.6 is 0 Å². The average molecular weight is 324 g/mol. The summed E-state index contributed by atoms with van der Waals surface area (Å²) < 4.78 is 3.48. The van der Waals surface area contributed by atoms with Crippen LogP contribution in [-0.4, -0.2) is 41.7 Å². The van der Waals surface area contributed by atoms with E-state index in [9.17, 15) is 4.79 Å². The number of aromatic nitrogens is 5. The van der Waals surface area contributed by atoms with Crippen LogP contribution in [0.3, 0.4) is 0 Å². The van der Waals surface area contributed by atoms with Crippen LogP contribution in [0.1, 0.15) is 47.2 Å². The zero-order chi connectivity index (χ0) is 16.7. The van der Waals surface area contributed by atoms with Gasteiger partial charge in [-0.2, -0.15) is 10.2 Å². The molecule has 124 valence electrons. The Morgan fingerprint density at radius 3 is 2.96 bits per heavy atom. The first-order valence-electron chi connectivity index (χ1n) is 8.25. The van der Waals surface area contributed by atoms with Gasteiger partial charge in [-0.3, -0.25) is 9.48 Å². The zero-order valence-electron chi connectivity index (χ0n) is 13.9. The number of carbonyl (C=O) groups excluding carboxylic acids is 1. The molecule has 3 aromatic rings. The van der Waals surface area contributed by atoms with E-state index in [1.165, 1.54) is 0 Å². The van der Waals surface area contributed by atoms with Crippen molar-refractivity contribution >= 4 is 11.6 Å². The lowest BCUT2D eigenvalue weighted by molar-refractivity contribution is 0.0599. The Morgan fingerprint density at radius 2 is 2.17 bits per heavy atom. The van der Waals surface area contributed by atoms with Crippen LogP contribution in [0.2, 0.25) is 0 Å². The molecule has 1 atom stereocenters. The van der Waals surface area contributed by atoms with E-state index in [0.29, 0.717) is 5.69 Å². The predicted octanol–water partition coefficient (Wildman–Crippen LogP) is 2.14. The van der Waals surface area contributed by atoms with E-state index in [1.807, 2.05) is 35.5 Å². The van der Waals surface area contributed by atoms with Gasteiger partial charge in [-0.15, -0.1) is 0 Å². The van der Waals surface area contributed by atoms with Crippen LogP contribution in [0.25, 0.3) is 5.65 Å². The fraction of sp³-hybridized carbons (Fsp3) is 0.412. The van der Waals surface area contributed by atoms with Gasteiger partial charge >= 0.3 is 0 Å². The first-order chi connectivity index (χ1) is 11.6. The van der Waals surface area contributed by atoms with Gasteiger partial charge in [-0.05, 0) is 38.3 Å². The molecule has 4 heterocycles. The lowest BCUT2D eigenvalue weighted by atomic mass is 9.98. The number of hydrogen-bond acceptors (Lipinski definition) is 4. The van der Waals surface area contributed by atoms with Gasteiger partial charge in [-0.25, -0.2) is 9.50 Å². The van der Waals surface area contributed by atoms with Crippen molar-refractivity contribution in [3.05, 3.63) is 47.7 Å². The highest BCUT2D eigenvalue weighted by Gasteiger charge is 2.31. The minimum absolute atomic E-state index is 0.00754. The van der Waals surface area contributed by atoms with Gasteiger partial charge < -0.3 is 4.90 Å². The Kier molecular flexibility index (Phi) is 3.55. The minimum Gasteiger partial charge on any atom is -0.329 e. The number of rotatable bonds is 2. The van der Waals surface area contributed by atoms with Crippen molar-refractivity contribution in [2.45, 2.75) is 32.2 Å². The number of hydrogen-bond donors (Lipinski definition) is 0. The first kappa shape index (κ1) is 14.9. The monoisotopic (exact) mass is 324 g/mol. The normalized spacial score (nSPS) is 18.2. The molecule has 7 nitrogen and oxygen atoms in total. The second-order valence-corrected chi connectivity index (χ2v) is 6.31. The molecule has 0 aliphatic carbocycles. The standard InChI is InChI=1S/C17H20N6O/c1-12-11-14(19-16-6-8-18-23(12)16)15-5-3-4-9-22(15)17(24)13-7-10-21(2)20-13/h6-8,10-11,15H,3-5,9H2,1-2H3/t15-/m0/s1. The summed E-state index contributed by atoms with van der Waals surface area (Å²) in [6.07, 6.45) is 6.59. The quantitative estimate of drug-likeness (QED) is 0.724. The Morgan fingerprint density at radius 1 is 1.29 bits per heavy atom. The Labute approximate surface area is 139 Å². The molecule has 24 heavy (non-hydrogen) atoms. The van der Waals surface area contributed by atoms with Crippen LogP contribution in [0.4, 0.5) is 0 Å². The van der Waals surface area contributed by atoms with Crippen molar-refractivity contribution < 1.29 is 4.79 Å². The molecular weight excluding hydrogens is 304 g/mol. The van der Waals surface area contributed by atoms with Crippen LogP contribution < -0.4 is 0 Å². The number of fused-ring (bicyclic) bond motifs is 1. The molecule has 7 heteroatoms. The second kappa shape index (κ2) is 5.74. The van der Waals surface area contributed by atoms with Gasteiger partial charge in [0, 0.05) is 31.5 Å². The fourth-order valence-electron chi connectivity index (χ4n) is 3.42. The summed E-state index contributed by atoms with van der Waals surface area (Å²) in [4.78, 5) is 19.5. The first-order valence-corrected chi connectivity index (χ1v) is 8.25. The Balaban J connectivity index is 1.71. The lowest BCUT2D eigenvalue weighted by Gasteiger charge is -2.35. The summed E-state index contributed by atoms with van der Waals surface area (Å²) in [5.74, 6) is -0.0202. The Bertz CT molecular complexity index is 896. The zero-order valence-corrected chi connectivity index (χ0v) is 13.9. The molecular formula is C17H20N6O. The number of piperidine rings is 1. The van der Waals surface area contributed by atoms with Gasteiger partial charge in [0.05, 0.1) is 17.9 Å². The largest absolute Gasteiger partial charge is 0.329 e. The smallest absolute Gasteiger partial charge is 0.274 e. The van der Waals surface area contributed by atoms with Gasteiger partial charge in [-0.1, -0.05) is 0 Å². The molecule has 0 saturated carbocycles. The maximum atomic E-state index is 12.9. The van der Waals surface area contributed by atoms with Gasteiger partial charge in [0.25, 0.3) is 5.91 Å². The summed E-state index contributed by atoms with van der Waals surface area (Å²) in [5.41, 5.74) is 3.27. The van der Waals surface area contributed by atoms with Crippen LogP contribution in [0.5, 0.6) is 0 Å².